The van der Waals surface area contributed by atoms with Gasteiger partial charge in [0.25, 0.3) is 0 Å². The van der Waals surface area contributed by atoms with E-state index < -0.39 is 17.6 Å². The number of unbranched alkanes of at least 4 members (excludes halogenated alkanes) is 6. The van der Waals surface area contributed by atoms with E-state index in [-0.39, 0.29) is 17.1 Å². The van der Waals surface area contributed by atoms with Crippen LogP contribution in [0.4, 0.5) is 8.78 Å². The molecule has 186 valence electrons. The Bertz CT molecular complexity index is 1090. The number of carbonyl (C=O) groups excluding carboxylic acids is 1. The Morgan fingerprint density at radius 2 is 1.34 bits per heavy atom. The number of hydrogen-bond donors (Lipinski definition) is 0. The molecule has 0 atom stereocenters. The second-order valence-corrected chi connectivity index (χ2v) is 8.70. The summed E-state index contributed by atoms with van der Waals surface area (Å²) in [5, 5.41) is 0. The zero-order valence-corrected chi connectivity index (χ0v) is 20.6. The fraction of sp³-hybridized carbons (Fsp3) is 0.367. The summed E-state index contributed by atoms with van der Waals surface area (Å²) in [7, 11) is 0. The van der Waals surface area contributed by atoms with E-state index >= 15 is 0 Å². The van der Waals surface area contributed by atoms with Crippen LogP contribution in [-0.4, -0.2) is 12.6 Å². The molecule has 3 aromatic carbocycles. The monoisotopic (exact) mass is 480 g/mol. The first-order chi connectivity index (χ1) is 17.0. The second kappa shape index (κ2) is 13.6. The molecule has 3 rings (SSSR count). The topological polar surface area (TPSA) is 35.5 Å². The van der Waals surface area contributed by atoms with Crippen LogP contribution in [-0.2, 0) is 6.42 Å². The molecule has 3 nitrogen and oxygen atoms in total. The number of hydrogen-bond acceptors (Lipinski definition) is 3. The van der Waals surface area contributed by atoms with Crippen LogP contribution in [0.2, 0.25) is 0 Å². The first-order valence-corrected chi connectivity index (χ1v) is 12.5. The van der Waals surface area contributed by atoms with Crippen molar-refractivity contribution in [3.8, 4) is 22.6 Å². The predicted octanol–water partition coefficient (Wildman–Crippen LogP) is 8.54. The molecule has 35 heavy (non-hydrogen) atoms. The van der Waals surface area contributed by atoms with E-state index in [9.17, 15) is 13.6 Å². The van der Waals surface area contributed by atoms with Crippen molar-refractivity contribution in [2.75, 3.05) is 6.61 Å². The Labute approximate surface area is 207 Å². The average Bonchev–Trinajstić information content (AvgIpc) is 2.87. The molecule has 3 aromatic rings. The molecule has 0 aliphatic carbocycles. The minimum atomic E-state index is -0.653. The van der Waals surface area contributed by atoms with Gasteiger partial charge in [-0.3, -0.25) is 0 Å². The highest BCUT2D eigenvalue weighted by molar-refractivity contribution is 5.91. The number of halogens is 2. The lowest BCUT2D eigenvalue weighted by Crippen LogP contribution is -2.09. The minimum Gasteiger partial charge on any atom is -0.491 e. The molecule has 0 aliphatic heterocycles. The molecule has 0 radical (unpaired) electrons. The van der Waals surface area contributed by atoms with Crippen molar-refractivity contribution in [3.63, 3.8) is 0 Å². The zero-order chi connectivity index (χ0) is 25.0. The van der Waals surface area contributed by atoms with Crippen LogP contribution in [0.15, 0.2) is 60.7 Å². The van der Waals surface area contributed by atoms with Gasteiger partial charge in [-0.15, -0.1) is 0 Å². The normalized spacial score (nSPS) is 10.9. The van der Waals surface area contributed by atoms with Crippen LogP contribution in [0.25, 0.3) is 11.1 Å². The lowest BCUT2D eigenvalue weighted by molar-refractivity contribution is 0.0728. The number of ether oxygens (including phenoxy) is 2. The molecule has 0 unspecified atom stereocenters. The van der Waals surface area contributed by atoms with Crippen molar-refractivity contribution >= 4 is 5.97 Å². The highest BCUT2D eigenvalue weighted by Gasteiger charge is 2.13. The van der Waals surface area contributed by atoms with Crippen molar-refractivity contribution in [1.82, 2.24) is 0 Å². The number of rotatable bonds is 13. The summed E-state index contributed by atoms with van der Waals surface area (Å²) in [4.78, 5) is 12.4. The standard InChI is InChI=1S/C30H34F2O3/c1-3-5-6-7-8-9-10-19-34-28-18-16-25(21-27(28)32)23-12-14-24(15-13-23)30(33)35-29-17-11-22(4-2)20-26(29)31/h11-18,20-21H,3-10,19H2,1-2H3. The Hall–Kier alpha value is -3.21. The van der Waals surface area contributed by atoms with Crippen LogP contribution in [0.5, 0.6) is 11.5 Å². The summed E-state index contributed by atoms with van der Waals surface area (Å²) in [6.07, 6.45) is 8.94. The van der Waals surface area contributed by atoms with Crippen LogP contribution in [0, 0.1) is 11.6 Å². The molecule has 0 saturated carbocycles. The molecule has 0 heterocycles. The molecular formula is C30H34F2O3. The molecule has 5 heteroatoms. The SMILES string of the molecule is CCCCCCCCCOc1ccc(-c2ccc(C(=O)Oc3ccc(CC)cc3F)cc2)cc1F. The maximum absolute atomic E-state index is 14.6. The predicted molar refractivity (Wildman–Crippen MR) is 136 cm³/mol. The van der Waals surface area contributed by atoms with Crippen molar-refractivity contribution in [2.24, 2.45) is 0 Å². The van der Waals surface area contributed by atoms with Gasteiger partial charge in [0.1, 0.15) is 0 Å². The van der Waals surface area contributed by atoms with E-state index in [0.717, 1.165) is 24.0 Å². The summed E-state index contributed by atoms with van der Waals surface area (Å²) in [5.41, 5.74) is 2.53. The van der Waals surface area contributed by atoms with Gasteiger partial charge >= 0.3 is 5.97 Å². The van der Waals surface area contributed by atoms with E-state index in [1.165, 1.54) is 50.3 Å². The van der Waals surface area contributed by atoms with Gasteiger partial charge in [-0.1, -0.05) is 76.6 Å². The largest absolute Gasteiger partial charge is 0.491 e. The van der Waals surface area contributed by atoms with E-state index in [1.54, 1.807) is 42.5 Å². The van der Waals surface area contributed by atoms with Crippen molar-refractivity contribution < 1.29 is 23.0 Å². The maximum atomic E-state index is 14.6. The highest BCUT2D eigenvalue weighted by Crippen LogP contribution is 2.27. The summed E-state index contributed by atoms with van der Waals surface area (Å²) in [6.45, 7) is 4.63. The van der Waals surface area contributed by atoms with Crippen molar-refractivity contribution in [2.45, 2.75) is 65.2 Å². The van der Waals surface area contributed by atoms with E-state index in [1.807, 2.05) is 6.92 Å². The Morgan fingerprint density at radius 3 is 2.00 bits per heavy atom. The molecule has 0 bridgehead atoms. The molecule has 0 spiro atoms. The molecule has 0 fully saturated rings. The van der Waals surface area contributed by atoms with Gasteiger partial charge < -0.3 is 9.47 Å². The number of benzene rings is 3. The molecule has 0 saturated heterocycles. The molecule has 0 amide bonds. The summed E-state index contributed by atoms with van der Waals surface area (Å²) in [5.74, 6) is -1.50. The lowest BCUT2D eigenvalue weighted by Gasteiger charge is -2.10. The second-order valence-electron chi connectivity index (χ2n) is 8.70. The zero-order valence-electron chi connectivity index (χ0n) is 20.6. The molecule has 0 aromatic heterocycles. The third-order valence-corrected chi connectivity index (χ3v) is 6.00. The van der Waals surface area contributed by atoms with E-state index in [2.05, 4.69) is 6.92 Å². The van der Waals surface area contributed by atoms with E-state index in [4.69, 9.17) is 9.47 Å². The molecule has 0 N–H and O–H groups in total. The van der Waals surface area contributed by atoms with Crippen LogP contribution >= 0.6 is 0 Å². The van der Waals surface area contributed by atoms with Gasteiger partial charge in [0.05, 0.1) is 12.2 Å². The van der Waals surface area contributed by atoms with Gasteiger partial charge in [-0.25, -0.2) is 13.6 Å². The Morgan fingerprint density at radius 1 is 0.714 bits per heavy atom. The lowest BCUT2D eigenvalue weighted by atomic mass is 10.0. The van der Waals surface area contributed by atoms with Gasteiger partial charge in [0.2, 0.25) is 0 Å². The fourth-order valence-corrected chi connectivity index (χ4v) is 3.84. The number of esters is 1. The van der Waals surface area contributed by atoms with Crippen LogP contribution < -0.4 is 9.47 Å². The summed E-state index contributed by atoms with van der Waals surface area (Å²) < 4.78 is 39.5. The Balaban J connectivity index is 1.53. The third-order valence-electron chi connectivity index (χ3n) is 6.00. The quantitative estimate of drug-likeness (QED) is 0.140. The first-order valence-electron chi connectivity index (χ1n) is 12.5. The number of aryl methyl sites for hydroxylation is 1. The van der Waals surface area contributed by atoms with Gasteiger partial charge in [0, 0.05) is 0 Å². The van der Waals surface area contributed by atoms with Crippen molar-refractivity contribution in [3.05, 3.63) is 83.4 Å². The number of carbonyl (C=O) groups is 1. The van der Waals surface area contributed by atoms with Gasteiger partial charge in [0.15, 0.2) is 23.1 Å². The van der Waals surface area contributed by atoms with E-state index in [0.29, 0.717) is 18.6 Å². The van der Waals surface area contributed by atoms with Crippen LogP contribution in [0.1, 0.15) is 74.7 Å². The van der Waals surface area contributed by atoms with Gasteiger partial charge in [-0.2, -0.15) is 0 Å². The average molecular weight is 481 g/mol. The molecular weight excluding hydrogens is 446 g/mol. The van der Waals surface area contributed by atoms with Crippen LogP contribution in [0.3, 0.4) is 0 Å². The molecule has 0 aliphatic rings. The van der Waals surface area contributed by atoms with Crippen molar-refractivity contribution in [1.29, 1.82) is 0 Å². The summed E-state index contributed by atoms with van der Waals surface area (Å²) >= 11 is 0. The maximum Gasteiger partial charge on any atom is 0.343 e. The smallest absolute Gasteiger partial charge is 0.343 e. The highest BCUT2D eigenvalue weighted by atomic mass is 19.1. The summed E-state index contributed by atoms with van der Waals surface area (Å²) in [6, 6.07) is 16.0. The first kappa shape index (κ1) is 26.4. The third kappa shape index (κ3) is 7.91. The fourth-order valence-electron chi connectivity index (χ4n) is 3.84. The van der Waals surface area contributed by atoms with Gasteiger partial charge in [-0.05, 0) is 65.9 Å². The minimum absolute atomic E-state index is 0.106. The Kier molecular flexibility index (Phi) is 10.3.